The molecule has 0 saturated carbocycles. The summed E-state index contributed by atoms with van der Waals surface area (Å²) in [6.07, 6.45) is 0.817. The number of hydrogen-bond acceptors (Lipinski definition) is 3. The largest absolute Gasteiger partial charge is 0.296 e. The summed E-state index contributed by atoms with van der Waals surface area (Å²) in [6.45, 7) is 2.02. The van der Waals surface area contributed by atoms with Crippen molar-refractivity contribution < 1.29 is 4.79 Å². The molecule has 1 aromatic carbocycles. The van der Waals surface area contributed by atoms with Gasteiger partial charge in [-0.1, -0.05) is 30.3 Å². The zero-order valence-corrected chi connectivity index (χ0v) is 10.1. The van der Waals surface area contributed by atoms with Crippen LogP contribution in [0.1, 0.15) is 16.2 Å². The molecular formula is C13H10N2OS. The fourth-order valence-electron chi connectivity index (χ4n) is 1.91. The monoisotopic (exact) mass is 242 g/mol. The molecule has 0 amide bonds. The SMILES string of the molecule is Cc1csc2c(C=O)nc(-c3ccccc3)n12. The van der Waals surface area contributed by atoms with Gasteiger partial charge in [0.15, 0.2) is 6.29 Å². The van der Waals surface area contributed by atoms with Crippen LogP contribution in [0.5, 0.6) is 0 Å². The molecule has 0 N–H and O–H groups in total. The molecule has 17 heavy (non-hydrogen) atoms. The molecule has 0 atom stereocenters. The lowest BCUT2D eigenvalue weighted by molar-refractivity contribution is 0.112. The molecule has 0 bridgehead atoms. The summed E-state index contributed by atoms with van der Waals surface area (Å²) in [4.78, 5) is 16.3. The summed E-state index contributed by atoms with van der Waals surface area (Å²) in [5, 5.41) is 2.04. The highest BCUT2D eigenvalue weighted by atomic mass is 32.1. The predicted molar refractivity (Wildman–Crippen MR) is 68.6 cm³/mol. The molecule has 0 aliphatic rings. The Bertz CT molecular complexity index is 682. The quantitative estimate of drug-likeness (QED) is 0.647. The Kier molecular flexibility index (Phi) is 2.30. The normalized spacial score (nSPS) is 10.9. The standard InChI is InChI=1S/C13H10N2OS/c1-9-8-17-13-11(7-16)14-12(15(9)13)10-5-3-2-4-6-10/h2-8H,1H3. The summed E-state index contributed by atoms with van der Waals surface area (Å²) in [5.41, 5.74) is 2.64. The molecular weight excluding hydrogens is 232 g/mol. The van der Waals surface area contributed by atoms with Gasteiger partial charge in [-0.25, -0.2) is 4.98 Å². The third-order valence-corrected chi connectivity index (χ3v) is 3.77. The number of fused-ring (bicyclic) bond motifs is 1. The maximum atomic E-state index is 11.0. The van der Waals surface area contributed by atoms with Crippen molar-refractivity contribution >= 4 is 22.5 Å². The van der Waals surface area contributed by atoms with Crippen LogP contribution in [0.25, 0.3) is 16.2 Å². The number of aromatic nitrogens is 2. The van der Waals surface area contributed by atoms with Crippen molar-refractivity contribution in [3.05, 3.63) is 47.1 Å². The zero-order valence-electron chi connectivity index (χ0n) is 9.25. The van der Waals surface area contributed by atoms with E-state index in [1.165, 1.54) is 0 Å². The van der Waals surface area contributed by atoms with E-state index >= 15 is 0 Å². The lowest BCUT2D eigenvalue weighted by atomic mass is 10.2. The molecule has 0 saturated heterocycles. The van der Waals surface area contributed by atoms with Gasteiger partial charge in [0.05, 0.1) is 0 Å². The topological polar surface area (TPSA) is 34.4 Å². The number of nitrogens with zero attached hydrogens (tertiary/aromatic N) is 2. The van der Waals surface area contributed by atoms with E-state index in [-0.39, 0.29) is 0 Å². The first kappa shape index (κ1) is 10.2. The van der Waals surface area contributed by atoms with Crippen LogP contribution in [0, 0.1) is 6.92 Å². The van der Waals surface area contributed by atoms with Crippen LogP contribution in [-0.4, -0.2) is 15.7 Å². The smallest absolute Gasteiger partial charge is 0.171 e. The van der Waals surface area contributed by atoms with Crippen molar-refractivity contribution in [3.63, 3.8) is 0 Å². The van der Waals surface area contributed by atoms with Crippen LogP contribution in [0.4, 0.5) is 0 Å². The van der Waals surface area contributed by atoms with Crippen LogP contribution < -0.4 is 0 Å². The molecule has 4 heteroatoms. The second kappa shape index (κ2) is 3.82. The number of rotatable bonds is 2. The average molecular weight is 242 g/mol. The van der Waals surface area contributed by atoms with Crippen molar-refractivity contribution in [1.29, 1.82) is 0 Å². The summed E-state index contributed by atoms with van der Waals surface area (Å²) >= 11 is 1.55. The average Bonchev–Trinajstić information content (AvgIpc) is 2.92. The van der Waals surface area contributed by atoms with Gasteiger partial charge < -0.3 is 0 Å². The highest BCUT2D eigenvalue weighted by molar-refractivity contribution is 7.16. The van der Waals surface area contributed by atoms with Crippen LogP contribution in [0.15, 0.2) is 35.7 Å². The molecule has 2 heterocycles. The fourth-order valence-corrected chi connectivity index (χ4v) is 2.85. The van der Waals surface area contributed by atoms with Crippen LogP contribution in [0.2, 0.25) is 0 Å². The first-order chi connectivity index (χ1) is 8.31. The van der Waals surface area contributed by atoms with E-state index in [2.05, 4.69) is 4.98 Å². The number of carbonyl (C=O) groups is 1. The van der Waals surface area contributed by atoms with Crippen LogP contribution >= 0.6 is 11.3 Å². The number of carbonyl (C=O) groups excluding carboxylic acids is 1. The highest BCUT2D eigenvalue weighted by Gasteiger charge is 2.14. The maximum absolute atomic E-state index is 11.0. The molecule has 0 fully saturated rings. The molecule has 3 nitrogen and oxygen atoms in total. The molecule has 3 aromatic rings. The first-order valence-electron chi connectivity index (χ1n) is 5.28. The second-order valence-electron chi connectivity index (χ2n) is 3.82. The lowest BCUT2D eigenvalue weighted by Gasteiger charge is -1.99. The minimum atomic E-state index is 0.516. The fraction of sp³-hybridized carbons (Fsp3) is 0.0769. The molecule has 0 aliphatic carbocycles. The van der Waals surface area contributed by atoms with E-state index in [4.69, 9.17) is 0 Å². The van der Waals surface area contributed by atoms with E-state index < -0.39 is 0 Å². The number of thiazole rings is 1. The van der Waals surface area contributed by atoms with Gasteiger partial charge in [0.1, 0.15) is 16.3 Å². The Morgan fingerprint density at radius 1 is 1.29 bits per heavy atom. The van der Waals surface area contributed by atoms with Crippen molar-refractivity contribution in [3.8, 4) is 11.4 Å². The predicted octanol–water partition coefficient (Wildman–Crippen LogP) is 3.18. The number of imidazole rings is 1. The van der Waals surface area contributed by atoms with Gasteiger partial charge in [0.25, 0.3) is 0 Å². The Morgan fingerprint density at radius 3 is 2.76 bits per heavy atom. The van der Waals surface area contributed by atoms with Gasteiger partial charge >= 0.3 is 0 Å². The lowest BCUT2D eigenvalue weighted by Crippen LogP contribution is -1.89. The number of aryl methyl sites for hydroxylation is 1. The van der Waals surface area contributed by atoms with E-state index in [9.17, 15) is 4.79 Å². The van der Waals surface area contributed by atoms with Gasteiger partial charge in [-0.15, -0.1) is 11.3 Å². The van der Waals surface area contributed by atoms with Gasteiger partial charge in [-0.3, -0.25) is 9.20 Å². The molecule has 0 aliphatic heterocycles. The van der Waals surface area contributed by atoms with Crippen molar-refractivity contribution in [2.45, 2.75) is 6.92 Å². The third-order valence-electron chi connectivity index (χ3n) is 2.70. The summed E-state index contributed by atoms with van der Waals surface area (Å²) in [7, 11) is 0. The van der Waals surface area contributed by atoms with E-state index in [1.54, 1.807) is 11.3 Å². The number of aldehydes is 1. The van der Waals surface area contributed by atoms with Crippen molar-refractivity contribution in [1.82, 2.24) is 9.38 Å². The Labute approximate surface area is 102 Å². The minimum absolute atomic E-state index is 0.516. The van der Waals surface area contributed by atoms with Gasteiger partial charge in [0.2, 0.25) is 0 Å². The highest BCUT2D eigenvalue weighted by Crippen LogP contribution is 2.27. The minimum Gasteiger partial charge on any atom is -0.296 e. The van der Waals surface area contributed by atoms with E-state index in [0.29, 0.717) is 5.69 Å². The van der Waals surface area contributed by atoms with Crippen molar-refractivity contribution in [2.24, 2.45) is 0 Å². The van der Waals surface area contributed by atoms with Crippen molar-refractivity contribution in [2.75, 3.05) is 0 Å². The maximum Gasteiger partial charge on any atom is 0.171 e. The summed E-state index contributed by atoms with van der Waals surface area (Å²) in [6, 6.07) is 9.91. The van der Waals surface area contributed by atoms with Crippen LogP contribution in [-0.2, 0) is 0 Å². The van der Waals surface area contributed by atoms with E-state index in [0.717, 1.165) is 28.2 Å². The number of benzene rings is 1. The summed E-state index contributed by atoms with van der Waals surface area (Å²) in [5.74, 6) is 0.835. The molecule has 0 radical (unpaired) electrons. The van der Waals surface area contributed by atoms with Gasteiger partial charge in [0, 0.05) is 16.6 Å². The number of hydrogen-bond donors (Lipinski definition) is 0. The molecule has 0 unspecified atom stereocenters. The van der Waals surface area contributed by atoms with Gasteiger partial charge in [-0.2, -0.15) is 0 Å². The van der Waals surface area contributed by atoms with Crippen LogP contribution in [0.3, 0.4) is 0 Å². The summed E-state index contributed by atoms with van der Waals surface area (Å²) < 4.78 is 2.03. The molecule has 84 valence electrons. The molecule has 0 spiro atoms. The Morgan fingerprint density at radius 2 is 2.06 bits per heavy atom. The zero-order chi connectivity index (χ0) is 11.8. The molecule has 2 aromatic heterocycles. The second-order valence-corrected chi connectivity index (χ2v) is 4.68. The van der Waals surface area contributed by atoms with Gasteiger partial charge in [-0.05, 0) is 6.92 Å². The third kappa shape index (κ3) is 1.49. The Balaban J connectivity index is 2.36. The first-order valence-corrected chi connectivity index (χ1v) is 6.16. The van der Waals surface area contributed by atoms with E-state index in [1.807, 2.05) is 47.0 Å². The Hall–Kier alpha value is -1.94. The molecule has 3 rings (SSSR count).